The van der Waals surface area contributed by atoms with E-state index in [-0.39, 0.29) is 11.8 Å². The number of anilines is 2. The molecule has 0 aliphatic rings. The zero-order valence-electron chi connectivity index (χ0n) is 18.2. The fraction of sp³-hybridized carbons (Fsp3) is 0.240. The highest BCUT2D eigenvalue weighted by molar-refractivity contribution is 6.31. The number of ether oxygens (including phenoxy) is 2. The molecule has 0 aliphatic carbocycles. The molecule has 0 saturated carbocycles. The molecule has 32 heavy (non-hydrogen) atoms. The maximum atomic E-state index is 11.8. The van der Waals surface area contributed by atoms with Crippen LogP contribution < -0.4 is 20.1 Å². The second-order valence-electron chi connectivity index (χ2n) is 7.55. The van der Waals surface area contributed by atoms with Crippen molar-refractivity contribution in [3.63, 3.8) is 0 Å². The van der Waals surface area contributed by atoms with Gasteiger partial charge >= 0.3 is 0 Å². The molecule has 7 heteroatoms. The van der Waals surface area contributed by atoms with Crippen LogP contribution in [0, 0.1) is 5.92 Å². The Balaban J connectivity index is 1.64. The van der Waals surface area contributed by atoms with Crippen LogP contribution in [-0.4, -0.2) is 13.0 Å². The molecule has 0 spiro atoms. The summed E-state index contributed by atoms with van der Waals surface area (Å²) >= 11 is 12.7. The lowest BCUT2D eigenvalue weighted by molar-refractivity contribution is -0.118. The molecule has 1 amide bonds. The van der Waals surface area contributed by atoms with Crippen LogP contribution in [0.15, 0.2) is 60.7 Å². The first kappa shape index (κ1) is 23.8. The lowest BCUT2D eigenvalue weighted by Gasteiger charge is -2.15. The molecule has 168 valence electrons. The van der Waals surface area contributed by atoms with Crippen molar-refractivity contribution in [3.8, 4) is 11.5 Å². The van der Waals surface area contributed by atoms with Gasteiger partial charge in [0.1, 0.15) is 6.61 Å². The molecule has 0 aromatic heterocycles. The van der Waals surface area contributed by atoms with Crippen LogP contribution in [0.1, 0.15) is 25.0 Å². The van der Waals surface area contributed by atoms with Crippen LogP contribution >= 0.6 is 23.2 Å². The Morgan fingerprint density at radius 3 is 2.25 bits per heavy atom. The van der Waals surface area contributed by atoms with E-state index in [0.29, 0.717) is 34.7 Å². The minimum absolute atomic E-state index is 0.0126. The van der Waals surface area contributed by atoms with Crippen molar-refractivity contribution in [1.82, 2.24) is 0 Å². The standard InChI is InChI=1S/C25H26Cl2N2O3/c1-16(2)25(30)29-20-10-8-19(9-11-20)28-14-18-12-23(31-3)24(13-22(18)27)32-15-17-6-4-5-7-21(17)26/h4-13,16,28H,14-15H2,1-3H3,(H,29,30). The molecule has 3 rings (SSSR count). The number of amides is 1. The largest absolute Gasteiger partial charge is 0.493 e. The number of rotatable bonds is 9. The van der Waals surface area contributed by atoms with Crippen LogP contribution in [0.2, 0.25) is 10.0 Å². The monoisotopic (exact) mass is 472 g/mol. The SMILES string of the molecule is COc1cc(CNc2ccc(NC(=O)C(C)C)cc2)c(Cl)cc1OCc1ccccc1Cl. The molecule has 0 saturated heterocycles. The predicted octanol–water partition coefficient (Wildman–Crippen LogP) is 6.79. The first-order valence-corrected chi connectivity index (χ1v) is 11.0. The normalized spacial score (nSPS) is 10.7. The molecule has 0 unspecified atom stereocenters. The van der Waals surface area contributed by atoms with E-state index in [1.54, 1.807) is 13.2 Å². The van der Waals surface area contributed by atoms with E-state index in [9.17, 15) is 4.79 Å². The molecule has 2 N–H and O–H groups in total. The van der Waals surface area contributed by atoms with Crippen molar-refractivity contribution in [2.45, 2.75) is 27.0 Å². The summed E-state index contributed by atoms with van der Waals surface area (Å²) < 4.78 is 11.4. The van der Waals surface area contributed by atoms with Crippen LogP contribution in [0.5, 0.6) is 11.5 Å². The lowest BCUT2D eigenvalue weighted by Crippen LogP contribution is -2.17. The Morgan fingerprint density at radius 2 is 1.59 bits per heavy atom. The number of hydrogen-bond donors (Lipinski definition) is 2. The van der Waals surface area contributed by atoms with Crippen LogP contribution in [-0.2, 0) is 17.9 Å². The third-order valence-corrected chi connectivity index (χ3v) is 5.55. The summed E-state index contributed by atoms with van der Waals surface area (Å²) in [6, 6.07) is 18.7. The Morgan fingerprint density at radius 1 is 0.906 bits per heavy atom. The number of methoxy groups -OCH3 is 1. The van der Waals surface area contributed by atoms with Crippen molar-refractivity contribution in [1.29, 1.82) is 0 Å². The van der Waals surface area contributed by atoms with Crippen molar-refractivity contribution in [2.75, 3.05) is 17.7 Å². The van der Waals surface area contributed by atoms with Crippen molar-refractivity contribution in [2.24, 2.45) is 5.92 Å². The molecule has 0 heterocycles. The highest BCUT2D eigenvalue weighted by atomic mass is 35.5. The summed E-state index contributed by atoms with van der Waals surface area (Å²) in [5.41, 5.74) is 3.41. The number of carbonyl (C=O) groups excluding carboxylic acids is 1. The van der Waals surface area contributed by atoms with E-state index < -0.39 is 0 Å². The van der Waals surface area contributed by atoms with Gasteiger partial charge in [0.2, 0.25) is 5.91 Å². The Labute approximate surface area is 198 Å². The summed E-state index contributed by atoms with van der Waals surface area (Å²) in [5.74, 6) is 1.06. The molecule has 0 aliphatic heterocycles. The zero-order chi connectivity index (χ0) is 23.1. The van der Waals surface area contributed by atoms with E-state index in [1.165, 1.54) is 0 Å². The molecule has 0 radical (unpaired) electrons. The maximum absolute atomic E-state index is 11.8. The number of hydrogen-bond acceptors (Lipinski definition) is 4. The van der Waals surface area contributed by atoms with E-state index >= 15 is 0 Å². The van der Waals surface area contributed by atoms with Gasteiger partial charge in [0.25, 0.3) is 0 Å². The van der Waals surface area contributed by atoms with Gasteiger partial charge in [0.05, 0.1) is 7.11 Å². The van der Waals surface area contributed by atoms with E-state index in [4.69, 9.17) is 32.7 Å². The van der Waals surface area contributed by atoms with E-state index in [0.717, 1.165) is 22.5 Å². The second kappa shape index (κ2) is 11.1. The van der Waals surface area contributed by atoms with Gasteiger partial charge in [-0.15, -0.1) is 0 Å². The zero-order valence-corrected chi connectivity index (χ0v) is 19.8. The minimum atomic E-state index is -0.0680. The van der Waals surface area contributed by atoms with Gasteiger partial charge in [0.15, 0.2) is 11.5 Å². The number of nitrogens with one attached hydrogen (secondary N) is 2. The number of benzene rings is 3. The molecule has 0 atom stereocenters. The van der Waals surface area contributed by atoms with Crippen LogP contribution in [0.4, 0.5) is 11.4 Å². The summed E-state index contributed by atoms with van der Waals surface area (Å²) in [6.07, 6.45) is 0. The van der Waals surface area contributed by atoms with Gasteiger partial charge in [-0.1, -0.05) is 55.2 Å². The average molecular weight is 473 g/mol. The molecule has 5 nitrogen and oxygen atoms in total. The third-order valence-electron chi connectivity index (χ3n) is 4.83. The molecule has 3 aromatic carbocycles. The smallest absolute Gasteiger partial charge is 0.226 e. The molecule has 0 fully saturated rings. The van der Waals surface area contributed by atoms with Crippen molar-refractivity contribution < 1.29 is 14.3 Å². The third kappa shape index (κ3) is 6.31. The van der Waals surface area contributed by atoms with Crippen molar-refractivity contribution in [3.05, 3.63) is 81.8 Å². The van der Waals surface area contributed by atoms with Gasteiger partial charge in [0, 0.05) is 45.5 Å². The lowest BCUT2D eigenvalue weighted by atomic mass is 10.1. The van der Waals surface area contributed by atoms with Gasteiger partial charge in [-0.25, -0.2) is 0 Å². The highest BCUT2D eigenvalue weighted by Gasteiger charge is 2.12. The Hall–Kier alpha value is -2.89. The quantitative estimate of drug-likeness (QED) is 0.359. The van der Waals surface area contributed by atoms with Gasteiger partial charge in [-0.2, -0.15) is 0 Å². The first-order chi connectivity index (χ1) is 15.4. The van der Waals surface area contributed by atoms with E-state index in [2.05, 4.69) is 10.6 Å². The molecule has 0 bridgehead atoms. The molecular formula is C25H26Cl2N2O3. The summed E-state index contributed by atoms with van der Waals surface area (Å²) in [4.78, 5) is 11.8. The summed E-state index contributed by atoms with van der Waals surface area (Å²) in [6.45, 7) is 4.52. The van der Waals surface area contributed by atoms with Gasteiger partial charge in [-0.3, -0.25) is 4.79 Å². The number of halogens is 2. The predicted molar refractivity (Wildman–Crippen MR) is 131 cm³/mol. The molecular weight excluding hydrogens is 447 g/mol. The highest BCUT2D eigenvalue weighted by Crippen LogP contribution is 2.34. The van der Waals surface area contributed by atoms with Gasteiger partial charge in [-0.05, 0) is 42.0 Å². The maximum Gasteiger partial charge on any atom is 0.226 e. The van der Waals surface area contributed by atoms with Gasteiger partial charge < -0.3 is 20.1 Å². The number of carbonyl (C=O) groups is 1. The van der Waals surface area contributed by atoms with Crippen LogP contribution in [0.3, 0.4) is 0 Å². The Bertz CT molecular complexity index is 1070. The molecule has 3 aromatic rings. The summed E-state index contributed by atoms with van der Waals surface area (Å²) in [5, 5.41) is 7.41. The fourth-order valence-electron chi connectivity index (χ4n) is 2.91. The van der Waals surface area contributed by atoms with E-state index in [1.807, 2.05) is 68.4 Å². The van der Waals surface area contributed by atoms with Crippen LogP contribution in [0.25, 0.3) is 0 Å². The van der Waals surface area contributed by atoms with Crippen molar-refractivity contribution >= 4 is 40.5 Å². The fourth-order valence-corrected chi connectivity index (χ4v) is 3.32. The first-order valence-electron chi connectivity index (χ1n) is 10.2. The average Bonchev–Trinajstić information content (AvgIpc) is 2.78. The second-order valence-corrected chi connectivity index (χ2v) is 8.36. The topological polar surface area (TPSA) is 59.6 Å². The summed E-state index contributed by atoms with van der Waals surface area (Å²) in [7, 11) is 1.59. The Kier molecular flexibility index (Phi) is 8.26. The minimum Gasteiger partial charge on any atom is -0.493 e.